The summed E-state index contributed by atoms with van der Waals surface area (Å²) in [4.78, 5) is 1.21. The van der Waals surface area contributed by atoms with Crippen LogP contribution in [-0.4, -0.2) is 11.9 Å². The van der Waals surface area contributed by atoms with Crippen LogP contribution in [0.2, 0.25) is 0 Å². The molecule has 0 aromatic heterocycles. The number of thioether (sulfide) groups is 1. The first-order valence-electron chi connectivity index (χ1n) is 5.46. The van der Waals surface area contributed by atoms with Crippen LogP contribution in [0, 0.1) is 0 Å². The smallest absolute Gasteiger partial charge is 0.124 e. The van der Waals surface area contributed by atoms with Gasteiger partial charge in [-0.2, -0.15) is 0 Å². The van der Waals surface area contributed by atoms with Crippen LogP contribution in [0.1, 0.15) is 39.3 Å². The molecule has 0 unspecified atom stereocenters. The Bertz CT molecular complexity index is 355. The molecule has 0 saturated carbocycles. The Labute approximate surface area is 103 Å². The molecule has 0 amide bonds. The van der Waals surface area contributed by atoms with Crippen molar-refractivity contribution < 1.29 is 4.74 Å². The fourth-order valence-electron chi connectivity index (χ4n) is 1.57. The van der Waals surface area contributed by atoms with Crippen LogP contribution in [0.3, 0.4) is 0 Å². The van der Waals surface area contributed by atoms with Gasteiger partial charge in [-0.1, -0.05) is 26.8 Å². The number of benzene rings is 1. The Hall–Kier alpha value is -0.670. The predicted molar refractivity (Wildman–Crippen MR) is 71.2 cm³/mol. The van der Waals surface area contributed by atoms with Gasteiger partial charge in [0, 0.05) is 21.2 Å². The summed E-state index contributed by atoms with van der Waals surface area (Å²) in [7, 11) is 1.69. The molecule has 2 nitrogen and oxygen atoms in total. The molecule has 2 N–H and O–H groups in total. The zero-order chi connectivity index (χ0) is 12.3. The quantitative estimate of drug-likeness (QED) is 0.818. The molecule has 0 saturated heterocycles. The molecule has 0 aliphatic rings. The second-order valence-electron chi connectivity index (χ2n) is 4.88. The molecular formula is C13H21NOS. The minimum atomic E-state index is -0.0130. The van der Waals surface area contributed by atoms with Crippen LogP contribution >= 0.6 is 11.8 Å². The molecule has 0 aliphatic heterocycles. The first-order valence-corrected chi connectivity index (χ1v) is 6.28. The van der Waals surface area contributed by atoms with Crippen molar-refractivity contribution in [3.05, 3.63) is 23.8 Å². The van der Waals surface area contributed by atoms with Crippen molar-refractivity contribution in [1.82, 2.24) is 0 Å². The third-order valence-electron chi connectivity index (χ3n) is 2.12. The maximum atomic E-state index is 6.02. The van der Waals surface area contributed by atoms with Gasteiger partial charge in [0.05, 0.1) is 7.11 Å². The summed E-state index contributed by atoms with van der Waals surface area (Å²) in [5, 5.41) is 0. The normalized spacial score (nSPS) is 13.6. The molecule has 0 aliphatic carbocycles. The van der Waals surface area contributed by atoms with Gasteiger partial charge in [0.15, 0.2) is 0 Å². The molecule has 1 atom stereocenters. The number of hydrogen-bond donors (Lipinski definition) is 1. The van der Waals surface area contributed by atoms with Crippen molar-refractivity contribution in [3.8, 4) is 5.75 Å². The van der Waals surface area contributed by atoms with Crippen molar-refractivity contribution in [2.45, 2.75) is 43.4 Å². The van der Waals surface area contributed by atoms with E-state index in [0.29, 0.717) is 0 Å². The lowest BCUT2D eigenvalue weighted by atomic mass is 10.1. The Kier molecular flexibility index (Phi) is 4.28. The van der Waals surface area contributed by atoms with E-state index in [9.17, 15) is 0 Å². The van der Waals surface area contributed by atoms with Crippen molar-refractivity contribution in [2.24, 2.45) is 5.73 Å². The van der Waals surface area contributed by atoms with E-state index in [2.05, 4.69) is 26.8 Å². The van der Waals surface area contributed by atoms with Gasteiger partial charge in [0.2, 0.25) is 0 Å². The van der Waals surface area contributed by atoms with Gasteiger partial charge in [-0.05, 0) is 19.1 Å². The number of methoxy groups -OCH3 is 1. The summed E-state index contributed by atoms with van der Waals surface area (Å²) in [6.45, 7) is 8.58. The topological polar surface area (TPSA) is 35.2 Å². The average molecular weight is 239 g/mol. The minimum Gasteiger partial charge on any atom is -0.496 e. The van der Waals surface area contributed by atoms with Crippen LogP contribution in [0.5, 0.6) is 5.75 Å². The van der Waals surface area contributed by atoms with Gasteiger partial charge in [0.1, 0.15) is 5.75 Å². The fraction of sp³-hybridized carbons (Fsp3) is 0.538. The zero-order valence-corrected chi connectivity index (χ0v) is 11.5. The van der Waals surface area contributed by atoms with E-state index in [-0.39, 0.29) is 10.8 Å². The van der Waals surface area contributed by atoms with Crippen molar-refractivity contribution in [3.63, 3.8) is 0 Å². The van der Waals surface area contributed by atoms with Gasteiger partial charge in [0.25, 0.3) is 0 Å². The molecule has 16 heavy (non-hydrogen) atoms. The molecule has 0 radical (unpaired) electrons. The molecular weight excluding hydrogens is 218 g/mol. The lowest BCUT2D eigenvalue weighted by Gasteiger charge is -2.22. The minimum absolute atomic E-state index is 0.0130. The summed E-state index contributed by atoms with van der Waals surface area (Å²) in [5.41, 5.74) is 7.12. The highest BCUT2D eigenvalue weighted by atomic mass is 32.2. The predicted octanol–water partition coefficient (Wildman–Crippen LogP) is 3.61. The van der Waals surface area contributed by atoms with Gasteiger partial charge in [-0.15, -0.1) is 11.8 Å². The zero-order valence-electron chi connectivity index (χ0n) is 10.7. The van der Waals surface area contributed by atoms with E-state index in [4.69, 9.17) is 10.5 Å². The number of rotatable bonds is 3. The largest absolute Gasteiger partial charge is 0.496 e. The standard InChI is InChI=1S/C13H21NOS/c1-9(14)12-10(15-5)7-6-8-11(12)16-13(2,3)4/h6-9H,14H2,1-5H3/t9-/m1/s1. The molecule has 1 aromatic carbocycles. The summed E-state index contributed by atoms with van der Waals surface area (Å²) in [5.74, 6) is 0.879. The lowest BCUT2D eigenvalue weighted by Crippen LogP contribution is -2.12. The van der Waals surface area contributed by atoms with E-state index in [0.717, 1.165) is 11.3 Å². The maximum absolute atomic E-state index is 6.02. The molecule has 1 rings (SSSR count). The van der Waals surface area contributed by atoms with Crippen LogP contribution in [0.25, 0.3) is 0 Å². The first-order chi connectivity index (χ1) is 7.35. The van der Waals surface area contributed by atoms with Crippen molar-refractivity contribution >= 4 is 11.8 Å². The molecule has 0 bridgehead atoms. The number of ether oxygens (including phenoxy) is 1. The molecule has 90 valence electrons. The highest BCUT2D eigenvalue weighted by Crippen LogP contribution is 2.39. The molecule has 0 heterocycles. The van der Waals surface area contributed by atoms with E-state index < -0.39 is 0 Å². The second-order valence-corrected chi connectivity index (χ2v) is 6.74. The Balaban J connectivity index is 3.17. The van der Waals surface area contributed by atoms with Crippen LogP contribution < -0.4 is 10.5 Å². The molecule has 3 heteroatoms. The third kappa shape index (κ3) is 3.42. The average Bonchev–Trinajstić information content (AvgIpc) is 2.14. The monoisotopic (exact) mass is 239 g/mol. The summed E-state index contributed by atoms with van der Waals surface area (Å²) < 4.78 is 5.55. The maximum Gasteiger partial charge on any atom is 0.124 e. The van der Waals surface area contributed by atoms with Gasteiger partial charge in [-0.3, -0.25) is 0 Å². The van der Waals surface area contributed by atoms with E-state index in [1.165, 1.54) is 4.90 Å². The van der Waals surface area contributed by atoms with Crippen LogP contribution in [0.15, 0.2) is 23.1 Å². The summed E-state index contributed by atoms with van der Waals surface area (Å²) in [6, 6.07) is 6.07. The Morgan fingerprint density at radius 1 is 1.31 bits per heavy atom. The van der Waals surface area contributed by atoms with Crippen molar-refractivity contribution in [1.29, 1.82) is 0 Å². The number of hydrogen-bond acceptors (Lipinski definition) is 3. The van der Waals surface area contributed by atoms with Crippen molar-refractivity contribution in [2.75, 3.05) is 7.11 Å². The fourth-order valence-corrected chi connectivity index (χ4v) is 2.77. The Morgan fingerprint density at radius 3 is 2.38 bits per heavy atom. The summed E-state index contributed by atoms with van der Waals surface area (Å²) >= 11 is 1.83. The first kappa shape index (κ1) is 13.4. The molecule has 0 fully saturated rings. The van der Waals surface area contributed by atoms with Gasteiger partial charge < -0.3 is 10.5 Å². The molecule has 0 spiro atoms. The molecule has 1 aromatic rings. The Morgan fingerprint density at radius 2 is 1.94 bits per heavy atom. The van der Waals surface area contributed by atoms with E-state index >= 15 is 0 Å². The lowest BCUT2D eigenvalue weighted by molar-refractivity contribution is 0.405. The third-order valence-corrected chi connectivity index (χ3v) is 3.31. The number of nitrogens with two attached hydrogens (primary N) is 1. The van der Waals surface area contributed by atoms with Gasteiger partial charge >= 0.3 is 0 Å². The second kappa shape index (κ2) is 5.11. The highest BCUT2D eigenvalue weighted by molar-refractivity contribution is 8.00. The van der Waals surface area contributed by atoms with Gasteiger partial charge in [-0.25, -0.2) is 0 Å². The summed E-state index contributed by atoms with van der Waals surface area (Å²) in [6.07, 6.45) is 0. The van der Waals surface area contributed by atoms with Crippen LogP contribution in [0.4, 0.5) is 0 Å². The van der Waals surface area contributed by atoms with E-state index in [1.54, 1.807) is 7.11 Å². The van der Waals surface area contributed by atoms with E-state index in [1.807, 2.05) is 30.8 Å². The SMILES string of the molecule is COc1cccc(SC(C)(C)C)c1[C@@H](C)N. The highest BCUT2D eigenvalue weighted by Gasteiger charge is 2.19. The van der Waals surface area contributed by atoms with Crippen LogP contribution in [-0.2, 0) is 0 Å².